The summed E-state index contributed by atoms with van der Waals surface area (Å²) >= 11 is 1.83. The monoisotopic (exact) mass is 221 g/mol. The van der Waals surface area contributed by atoms with Crippen LogP contribution in [0, 0.1) is 0 Å². The topological polar surface area (TPSA) is 26.0 Å². The first kappa shape index (κ1) is 12.3. The largest absolute Gasteiger partial charge is 0.327 e. The molecule has 15 heavy (non-hydrogen) atoms. The van der Waals surface area contributed by atoms with Gasteiger partial charge < -0.3 is 5.73 Å². The number of thioether (sulfide) groups is 1. The fourth-order valence-electron chi connectivity index (χ4n) is 1.24. The predicted octanol–water partition coefficient (Wildman–Crippen LogP) is 3.46. The van der Waals surface area contributed by atoms with Crippen LogP contribution in [0.25, 0.3) is 0 Å². The molecule has 0 amide bonds. The molecular formula is C13H19NS. The lowest BCUT2D eigenvalue weighted by Gasteiger charge is -2.10. The van der Waals surface area contributed by atoms with Crippen LogP contribution in [-0.4, -0.2) is 11.8 Å². The Bertz CT molecular complexity index is 295. The maximum Gasteiger partial charge on any atom is 0.0137 e. The minimum atomic E-state index is 0.270. The molecule has 0 saturated carbocycles. The Morgan fingerprint density at radius 3 is 2.67 bits per heavy atom. The van der Waals surface area contributed by atoms with Crippen LogP contribution >= 0.6 is 11.8 Å². The molecule has 0 spiro atoms. The molecular weight excluding hydrogens is 202 g/mol. The second-order valence-corrected chi connectivity index (χ2v) is 4.97. The second-order valence-electron chi connectivity index (χ2n) is 3.88. The van der Waals surface area contributed by atoms with Crippen molar-refractivity contribution in [3.8, 4) is 0 Å². The quantitative estimate of drug-likeness (QED) is 0.588. The Morgan fingerprint density at radius 1 is 1.40 bits per heavy atom. The first-order valence-corrected chi connectivity index (χ1v) is 6.25. The highest BCUT2D eigenvalue weighted by atomic mass is 32.2. The molecule has 1 unspecified atom stereocenters. The van der Waals surface area contributed by atoms with Gasteiger partial charge >= 0.3 is 0 Å². The molecule has 0 radical (unpaired) electrons. The van der Waals surface area contributed by atoms with Crippen LogP contribution in [0.1, 0.15) is 19.8 Å². The van der Waals surface area contributed by atoms with Gasteiger partial charge in [0.25, 0.3) is 0 Å². The van der Waals surface area contributed by atoms with Crippen molar-refractivity contribution >= 4 is 11.8 Å². The van der Waals surface area contributed by atoms with E-state index in [9.17, 15) is 0 Å². The lowest BCUT2D eigenvalue weighted by molar-refractivity contribution is 0.672. The van der Waals surface area contributed by atoms with Crippen LogP contribution in [0.15, 0.2) is 47.4 Å². The summed E-state index contributed by atoms with van der Waals surface area (Å²) in [5.74, 6) is 0.983. The Morgan fingerprint density at radius 2 is 2.07 bits per heavy atom. The van der Waals surface area contributed by atoms with Crippen LogP contribution in [0.3, 0.4) is 0 Å². The van der Waals surface area contributed by atoms with Gasteiger partial charge in [-0.2, -0.15) is 0 Å². The summed E-state index contributed by atoms with van der Waals surface area (Å²) in [6, 6.07) is 10.7. The summed E-state index contributed by atoms with van der Waals surface area (Å²) in [5, 5.41) is 0. The van der Waals surface area contributed by atoms with Crippen molar-refractivity contribution in [2.75, 3.05) is 5.75 Å². The van der Waals surface area contributed by atoms with Gasteiger partial charge in [-0.1, -0.05) is 23.8 Å². The first-order chi connectivity index (χ1) is 7.18. The molecule has 1 aromatic rings. The van der Waals surface area contributed by atoms with Crippen LogP contribution in [0.5, 0.6) is 0 Å². The third kappa shape index (κ3) is 5.65. The smallest absolute Gasteiger partial charge is 0.0137 e. The minimum Gasteiger partial charge on any atom is -0.327 e. The highest BCUT2D eigenvalue weighted by molar-refractivity contribution is 7.99. The molecule has 0 aromatic heterocycles. The maximum absolute atomic E-state index is 6.01. The molecule has 0 aliphatic rings. The molecule has 0 saturated heterocycles. The first-order valence-electron chi connectivity index (χ1n) is 5.26. The van der Waals surface area contributed by atoms with Gasteiger partial charge in [-0.05, 0) is 31.9 Å². The summed E-state index contributed by atoms with van der Waals surface area (Å²) < 4.78 is 0. The Kier molecular flexibility index (Phi) is 5.51. The van der Waals surface area contributed by atoms with Gasteiger partial charge in [0.15, 0.2) is 0 Å². The van der Waals surface area contributed by atoms with Gasteiger partial charge in [-0.25, -0.2) is 0 Å². The zero-order valence-corrected chi connectivity index (χ0v) is 10.1. The number of rotatable bonds is 6. The number of nitrogens with two attached hydrogens (primary N) is 1. The van der Waals surface area contributed by atoms with Gasteiger partial charge in [0, 0.05) is 16.7 Å². The van der Waals surface area contributed by atoms with Gasteiger partial charge in [-0.15, -0.1) is 18.3 Å². The highest BCUT2D eigenvalue weighted by Crippen LogP contribution is 2.18. The van der Waals surface area contributed by atoms with E-state index in [1.54, 1.807) is 0 Å². The van der Waals surface area contributed by atoms with E-state index >= 15 is 0 Å². The number of hydrogen-bond donors (Lipinski definition) is 1. The van der Waals surface area contributed by atoms with E-state index in [1.807, 2.05) is 17.8 Å². The maximum atomic E-state index is 6.01. The Labute approximate surface area is 96.8 Å². The second kappa shape index (κ2) is 6.70. The average molecular weight is 221 g/mol. The molecule has 0 aliphatic carbocycles. The summed E-state index contributed by atoms with van der Waals surface area (Å²) in [6.07, 6.45) is 2.08. The van der Waals surface area contributed by atoms with Gasteiger partial charge in [0.1, 0.15) is 0 Å². The summed E-state index contributed by atoms with van der Waals surface area (Å²) in [5.41, 5.74) is 7.23. The molecule has 82 valence electrons. The lowest BCUT2D eigenvalue weighted by atomic mass is 10.1. The zero-order chi connectivity index (χ0) is 11.1. The predicted molar refractivity (Wildman–Crippen MR) is 69.2 cm³/mol. The molecule has 1 atom stereocenters. The molecule has 2 N–H and O–H groups in total. The molecule has 1 nitrogen and oxygen atoms in total. The van der Waals surface area contributed by atoms with E-state index in [0.29, 0.717) is 0 Å². The normalized spacial score (nSPS) is 12.4. The van der Waals surface area contributed by atoms with Crippen molar-refractivity contribution in [1.29, 1.82) is 0 Å². The van der Waals surface area contributed by atoms with Gasteiger partial charge in [0.2, 0.25) is 0 Å². The molecule has 1 aromatic carbocycles. The number of benzene rings is 1. The van der Waals surface area contributed by atoms with Crippen LogP contribution in [0.2, 0.25) is 0 Å². The van der Waals surface area contributed by atoms with E-state index < -0.39 is 0 Å². The van der Waals surface area contributed by atoms with Crippen molar-refractivity contribution in [2.45, 2.75) is 30.7 Å². The van der Waals surface area contributed by atoms with Crippen molar-refractivity contribution in [2.24, 2.45) is 5.73 Å². The van der Waals surface area contributed by atoms with E-state index in [2.05, 4.69) is 37.8 Å². The molecule has 2 heteroatoms. The number of hydrogen-bond acceptors (Lipinski definition) is 2. The fraction of sp³-hybridized carbons (Fsp3) is 0.385. The SMILES string of the molecule is C=C(C)CCC(N)CSc1ccccc1. The zero-order valence-electron chi connectivity index (χ0n) is 9.28. The Hall–Kier alpha value is -0.730. The molecule has 1 rings (SSSR count). The van der Waals surface area contributed by atoms with Crippen molar-refractivity contribution in [3.05, 3.63) is 42.5 Å². The summed E-state index contributed by atoms with van der Waals surface area (Å²) in [7, 11) is 0. The molecule has 0 heterocycles. The average Bonchev–Trinajstić information content (AvgIpc) is 2.25. The summed E-state index contributed by atoms with van der Waals surface area (Å²) in [6.45, 7) is 5.94. The standard InChI is InChI=1S/C13H19NS/c1-11(2)8-9-12(14)10-15-13-6-4-3-5-7-13/h3-7,12H,1,8-10,14H2,2H3. The number of allylic oxidation sites excluding steroid dienone is 1. The molecule has 0 bridgehead atoms. The summed E-state index contributed by atoms with van der Waals surface area (Å²) in [4.78, 5) is 1.29. The van der Waals surface area contributed by atoms with E-state index in [-0.39, 0.29) is 6.04 Å². The highest BCUT2D eigenvalue weighted by Gasteiger charge is 2.03. The van der Waals surface area contributed by atoms with Crippen LogP contribution in [-0.2, 0) is 0 Å². The molecule has 0 fully saturated rings. The Balaban J connectivity index is 2.22. The third-order valence-corrected chi connectivity index (χ3v) is 3.35. The van der Waals surface area contributed by atoms with E-state index in [1.165, 1.54) is 10.5 Å². The van der Waals surface area contributed by atoms with Gasteiger partial charge in [-0.3, -0.25) is 0 Å². The van der Waals surface area contributed by atoms with Crippen LogP contribution < -0.4 is 5.73 Å². The van der Waals surface area contributed by atoms with Gasteiger partial charge in [0.05, 0.1) is 0 Å². The minimum absolute atomic E-state index is 0.270. The van der Waals surface area contributed by atoms with E-state index in [0.717, 1.165) is 18.6 Å². The van der Waals surface area contributed by atoms with Crippen molar-refractivity contribution in [1.82, 2.24) is 0 Å². The molecule has 0 aliphatic heterocycles. The third-order valence-electron chi connectivity index (χ3n) is 2.15. The fourth-order valence-corrected chi connectivity index (χ4v) is 2.16. The lowest BCUT2D eigenvalue weighted by Crippen LogP contribution is -2.22. The van der Waals surface area contributed by atoms with E-state index in [4.69, 9.17) is 5.73 Å². The van der Waals surface area contributed by atoms with Crippen molar-refractivity contribution < 1.29 is 0 Å². The van der Waals surface area contributed by atoms with Crippen molar-refractivity contribution in [3.63, 3.8) is 0 Å². The van der Waals surface area contributed by atoms with Crippen LogP contribution in [0.4, 0.5) is 0 Å².